The molecule has 0 spiro atoms. The van der Waals surface area contributed by atoms with Gasteiger partial charge in [0.05, 0.1) is 19.8 Å². The van der Waals surface area contributed by atoms with Crippen molar-refractivity contribution in [3.8, 4) is 11.5 Å². The van der Waals surface area contributed by atoms with E-state index in [1.165, 1.54) is 0 Å². The Morgan fingerprint density at radius 3 is 2.54 bits per heavy atom. The summed E-state index contributed by atoms with van der Waals surface area (Å²) in [7, 11) is 1.65. The molecule has 130 valence electrons. The first-order valence-corrected chi connectivity index (χ1v) is 8.18. The fraction of sp³-hybridized carbons (Fsp3) is 0.421. The number of hydrogen-bond donors (Lipinski definition) is 1. The van der Waals surface area contributed by atoms with Crippen LogP contribution in [-0.4, -0.2) is 41.4 Å². The Bertz CT molecular complexity index is 617. The number of ether oxygens (including phenoxy) is 2. The second kappa shape index (κ2) is 9.25. The number of nitrogens with zero attached hydrogens (tertiary/aromatic N) is 2. The standard InChI is InChI=1S/C19H26N2O3/c1-15(2)24-18-7-6-16(11-19(18)23-3)13-21(9-10-22)14-17-5-4-8-20-12-17/h4-8,11-12,15,22H,9-10,13-14H2,1-3H3. The van der Waals surface area contributed by atoms with Crippen LogP contribution >= 0.6 is 0 Å². The summed E-state index contributed by atoms with van der Waals surface area (Å²) in [6.45, 7) is 6.15. The molecule has 2 aromatic rings. The van der Waals surface area contributed by atoms with Crippen molar-refractivity contribution in [2.24, 2.45) is 0 Å². The van der Waals surface area contributed by atoms with E-state index in [-0.39, 0.29) is 12.7 Å². The van der Waals surface area contributed by atoms with Crippen LogP contribution in [-0.2, 0) is 13.1 Å². The van der Waals surface area contributed by atoms with Crippen molar-refractivity contribution >= 4 is 0 Å². The Labute approximate surface area is 143 Å². The zero-order valence-electron chi connectivity index (χ0n) is 14.6. The van der Waals surface area contributed by atoms with E-state index in [1.807, 2.05) is 50.4 Å². The van der Waals surface area contributed by atoms with Gasteiger partial charge in [-0.3, -0.25) is 9.88 Å². The van der Waals surface area contributed by atoms with Crippen LogP contribution in [0.3, 0.4) is 0 Å². The topological polar surface area (TPSA) is 54.8 Å². The van der Waals surface area contributed by atoms with Crippen molar-refractivity contribution in [1.29, 1.82) is 0 Å². The molecule has 5 nitrogen and oxygen atoms in total. The van der Waals surface area contributed by atoms with Crippen molar-refractivity contribution in [3.63, 3.8) is 0 Å². The van der Waals surface area contributed by atoms with Gasteiger partial charge in [-0.2, -0.15) is 0 Å². The van der Waals surface area contributed by atoms with E-state index in [0.717, 1.165) is 29.2 Å². The van der Waals surface area contributed by atoms with E-state index >= 15 is 0 Å². The predicted octanol–water partition coefficient (Wildman–Crippen LogP) is 2.87. The number of rotatable bonds is 9. The maximum Gasteiger partial charge on any atom is 0.161 e. The molecule has 1 N–H and O–H groups in total. The first-order chi connectivity index (χ1) is 11.6. The van der Waals surface area contributed by atoms with Gasteiger partial charge in [0.1, 0.15) is 0 Å². The van der Waals surface area contributed by atoms with Crippen LogP contribution in [0.15, 0.2) is 42.7 Å². The number of methoxy groups -OCH3 is 1. The van der Waals surface area contributed by atoms with Crippen LogP contribution in [0, 0.1) is 0 Å². The second-order valence-electron chi connectivity index (χ2n) is 5.95. The van der Waals surface area contributed by atoms with Gasteiger partial charge in [0.2, 0.25) is 0 Å². The Kier molecular flexibility index (Phi) is 7.03. The highest BCUT2D eigenvalue weighted by molar-refractivity contribution is 5.43. The minimum Gasteiger partial charge on any atom is -0.493 e. The van der Waals surface area contributed by atoms with Gasteiger partial charge in [-0.05, 0) is 43.2 Å². The predicted molar refractivity (Wildman–Crippen MR) is 94.2 cm³/mol. The first kappa shape index (κ1) is 18.2. The van der Waals surface area contributed by atoms with Crippen molar-refractivity contribution in [2.45, 2.75) is 33.0 Å². The van der Waals surface area contributed by atoms with Gasteiger partial charge in [0, 0.05) is 32.0 Å². The van der Waals surface area contributed by atoms with E-state index < -0.39 is 0 Å². The maximum absolute atomic E-state index is 9.33. The third-order valence-corrected chi connectivity index (χ3v) is 3.54. The number of hydrogen-bond acceptors (Lipinski definition) is 5. The van der Waals surface area contributed by atoms with Crippen LogP contribution in [0.2, 0.25) is 0 Å². The molecule has 0 saturated carbocycles. The minimum absolute atomic E-state index is 0.0984. The molecule has 0 radical (unpaired) electrons. The number of benzene rings is 1. The third kappa shape index (κ3) is 5.51. The highest BCUT2D eigenvalue weighted by Crippen LogP contribution is 2.29. The Hall–Kier alpha value is -2.11. The van der Waals surface area contributed by atoms with Gasteiger partial charge in [-0.15, -0.1) is 0 Å². The summed E-state index contributed by atoms with van der Waals surface area (Å²) in [4.78, 5) is 6.32. The average molecular weight is 330 g/mol. The minimum atomic E-state index is 0.0984. The monoisotopic (exact) mass is 330 g/mol. The molecule has 0 fully saturated rings. The quantitative estimate of drug-likeness (QED) is 0.766. The fourth-order valence-corrected chi connectivity index (χ4v) is 2.53. The molecule has 2 rings (SSSR count). The summed E-state index contributed by atoms with van der Waals surface area (Å²) < 4.78 is 11.2. The summed E-state index contributed by atoms with van der Waals surface area (Å²) >= 11 is 0. The zero-order valence-corrected chi connectivity index (χ0v) is 14.6. The summed E-state index contributed by atoms with van der Waals surface area (Å²) in [5.41, 5.74) is 2.23. The summed E-state index contributed by atoms with van der Waals surface area (Å²) in [6.07, 6.45) is 3.71. The number of aromatic nitrogens is 1. The zero-order chi connectivity index (χ0) is 17.4. The van der Waals surface area contributed by atoms with E-state index in [4.69, 9.17) is 9.47 Å². The van der Waals surface area contributed by atoms with Gasteiger partial charge in [0.25, 0.3) is 0 Å². The van der Waals surface area contributed by atoms with Crippen molar-refractivity contribution < 1.29 is 14.6 Å². The molecule has 0 aliphatic rings. The lowest BCUT2D eigenvalue weighted by Gasteiger charge is -2.22. The van der Waals surface area contributed by atoms with Crippen LogP contribution < -0.4 is 9.47 Å². The van der Waals surface area contributed by atoms with Crippen LogP contribution in [0.4, 0.5) is 0 Å². The van der Waals surface area contributed by atoms with Gasteiger partial charge >= 0.3 is 0 Å². The van der Waals surface area contributed by atoms with Crippen molar-refractivity contribution in [1.82, 2.24) is 9.88 Å². The first-order valence-electron chi connectivity index (χ1n) is 8.18. The fourth-order valence-electron chi connectivity index (χ4n) is 2.53. The van der Waals surface area contributed by atoms with Gasteiger partial charge < -0.3 is 14.6 Å². The maximum atomic E-state index is 9.33. The highest BCUT2D eigenvalue weighted by Gasteiger charge is 2.11. The Balaban J connectivity index is 2.10. The summed E-state index contributed by atoms with van der Waals surface area (Å²) in [5.74, 6) is 1.48. The molecule has 1 aromatic heterocycles. The van der Waals surface area contributed by atoms with E-state index in [9.17, 15) is 5.11 Å². The van der Waals surface area contributed by atoms with Gasteiger partial charge in [-0.25, -0.2) is 0 Å². The summed E-state index contributed by atoms with van der Waals surface area (Å²) in [6, 6.07) is 9.93. The molecule has 1 aromatic carbocycles. The van der Waals surface area contributed by atoms with Crippen molar-refractivity contribution in [2.75, 3.05) is 20.3 Å². The molecule has 0 amide bonds. The van der Waals surface area contributed by atoms with Crippen LogP contribution in [0.1, 0.15) is 25.0 Å². The van der Waals surface area contributed by atoms with Crippen LogP contribution in [0.25, 0.3) is 0 Å². The lowest BCUT2D eigenvalue weighted by atomic mass is 10.1. The van der Waals surface area contributed by atoms with Gasteiger partial charge in [-0.1, -0.05) is 12.1 Å². The largest absolute Gasteiger partial charge is 0.493 e. The molecule has 0 aliphatic heterocycles. The normalized spacial score (nSPS) is 11.1. The smallest absolute Gasteiger partial charge is 0.161 e. The molecule has 24 heavy (non-hydrogen) atoms. The lowest BCUT2D eigenvalue weighted by Crippen LogP contribution is -2.26. The molecule has 5 heteroatoms. The van der Waals surface area contributed by atoms with Gasteiger partial charge in [0.15, 0.2) is 11.5 Å². The average Bonchev–Trinajstić information content (AvgIpc) is 2.57. The number of pyridine rings is 1. The van der Waals surface area contributed by atoms with E-state index in [1.54, 1.807) is 13.3 Å². The van der Waals surface area contributed by atoms with E-state index in [2.05, 4.69) is 9.88 Å². The molecular weight excluding hydrogens is 304 g/mol. The number of aliphatic hydroxyl groups is 1. The Morgan fingerprint density at radius 2 is 1.92 bits per heavy atom. The van der Waals surface area contributed by atoms with Crippen LogP contribution in [0.5, 0.6) is 11.5 Å². The SMILES string of the molecule is COc1cc(CN(CCO)Cc2cccnc2)ccc1OC(C)C. The molecular formula is C19H26N2O3. The molecule has 0 aliphatic carbocycles. The molecule has 0 bridgehead atoms. The summed E-state index contributed by atoms with van der Waals surface area (Å²) in [5, 5.41) is 9.33. The third-order valence-electron chi connectivity index (χ3n) is 3.54. The van der Waals surface area contributed by atoms with Crippen molar-refractivity contribution in [3.05, 3.63) is 53.9 Å². The Morgan fingerprint density at radius 1 is 1.12 bits per heavy atom. The van der Waals surface area contributed by atoms with E-state index in [0.29, 0.717) is 13.1 Å². The lowest BCUT2D eigenvalue weighted by molar-refractivity contribution is 0.184. The highest BCUT2D eigenvalue weighted by atomic mass is 16.5. The molecule has 0 saturated heterocycles. The molecule has 1 heterocycles. The second-order valence-corrected chi connectivity index (χ2v) is 5.95. The molecule has 0 unspecified atom stereocenters. The number of aliphatic hydroxyl groups excluding tert-OH is 1. The molecule has 0 atom stereocenters.